The van der Waals surface area contributed by atoms with Gasteiger partial charge in [-0.2, -0.15) is 0 Å². The summed E-state index contributed by atoms with van der Waals surface area (Å²) in [6.07, 6.45) is 0.795. The Kier molecular flexibility index (Phi) is 4.05. The van der Waals surface area contributed by atoms with Crippen molar-refractivity contribution in [2.75, 3.05) is 18.5 Å². The van der Waals surface area contributed by atoms with E-state index in [4.69, 9.17) is 9.47 Å². The molecule has 2 bridgehead atoms. The average Bonchev–Trinajstić information content (AvgIpc) is 3.38. The zero-order valence-corrected chi connectivity index (χ0v) is 15.2. The predicted octanol–water partition coefficient (Wildman–Crippen LogP) is 2.55. The van der Waals surface area contributed by atoms with Crippen LogP contribution in [0.1, 0.15) is 12.8 Å². The normalized spacial score (nSPS) is 28.1. The molecule has 3 heterocycles. The summed E-state index contributed by atoms with van der Waals surface area (Å²) in [4.78, 5) is 38.5. The van der Waals surface area contributed by atoms with Gasteiger partial charge in [0.1, 0.15) is 6.61 Å². The Morgan fingerprint density at radius 2 is 1.71 bits per heavy atom. The molecule has 2 aromatic carbocycles. The molecule has 4 unspecified atom stereocenters. The van der Waals surface area contributed by atoms with E-state index in [9.17, 15) is 14.4 Å². The van der Waals surface area contributed by atoms with Gasteiger partial charge in [0.15, 0.2) is 0 Å². The first-order valence-electron chi connectivity index (χ1n) is 9.56. The van der Waals surface area contributed by atoms with Gasteiger partial charge in [-0.15, -0.1) is 0 Å². The average molecular weight is 380 g/mol. The number of benzene rings is 2. The third-order valence-electron chi connectivity index (χ3n) is 5.95. The van der Waals surface area contributed by atoms with Gasteiger partial charge in [-0.3, -0.25) is 19.8 Å². The van der Waals surface area contributed by atoms with E-state index in [2.05, 4.69) is 5.32 Å². The van der Waals surface area contributed by atoms with Crippen LogP contribution < -0.4 is 5.32 Å². The minimum atomic E-state index is -0.612. The highest BCUT2D eigenvalue weighted by Gasteiger charge is 2.62. The molecule has 0 radical (unpaired) electrons. The maximum Gasteiger partial charge on any atom is 0.411 e. The Labute approximate surface area is 161 Å². The molecule has 2 aromatic rings. The van der Waals surface area contributed by atoms with Crippen LogP contribution in [-0.2, 0) is 19.1 Å². The van der Waals surface area contributed by atoms with Crippen LogP contribution in [0, 0.1) is 11.8 Å². The van der Waals surface area contributed by atoms with Gasteiger partial charge in [0, 0.05) is 5.39 Å². The minimum absolute atomic E-state index is 0.0380. The van der Waals surface area contributed by atoms with Crippen LogP contribution >= 0.6 is 0 Å². The summed E-state index contributed by atoms with van der Waals surface area (Å²) in [5.74, 6) is -1.09. The maximum atomic E-state index is 12.6. The van der Waals surface area contributed by atoms with Crippen molar-refractivity contribution in [3.05, 3.63) is 42.5 Å². The third-order valence-corrected chi connectivity index (χ3v) is 5.95. The number of hydrogen-bond donors (Lipinski definition) is 1. The molecule has 7 nitrogen and oxygen atoms in total. The Morgan fingerprint density at radius 1 is 1.04 bits per heavy atom. The molecule has 1 N–H and O–H groups in total. The number of likely N-dealkylation sites (tertiary alicyclic amines) is 1. The lowest BCUT2D eigenvalue weighted by molar-refractivity contribution is -0.143. The van der Waals surface area contributed by atoms with E-state index in [0.717, 1.165) is 23.6 Å². The fourth-order valence-corrected chi connectivity index (χ4v) is 4.70. The van der Waals surface area contributed by atoms with Gasteiger partial charge in [0.25, 0.3) is 0 Å². The molecule has 3 fully saturated rings. The SMILES string of the molecule is O=C(Nc1cccc2ccccc12)OCCN1C(=O)C2C3CCC(O3)C2C1=O. The Morgan fingerprint density at radius 3 is 2.46 bits per heavy atom. The lowest BCUT2D eigenvalue weighted by Crippen LogP contribution is -2.37. The van der Waals surface area contributed by atoms with Crippen molar-refractivity contribution in [1.29, 1.82) is 0 Å². The monoisotopic (exact) mass is 380 g/mol. The summed E-state index contributed by atoms with van der Waals surface area (Å²) in [5, 5.41) is 4.65. The standard InChI is InChI=1S/C21H20N2O5/c24-19-17-15-8-9-16(28-15)18(17)20(25)23(19)10-11-27-21(26)22-14-7-3-5-12-4-1-2-6-13(12)14/h1-7,15-18H,8-11H2,(H,22,26). The number of imide groups is 1. The van der Waals surface area contributed by atoms with Gasteiger partial charge in [-0.05, 0) is 24.3 Å². The number of fused-ring (bicyclic) bond motifs is 6. The molecular weight excluding hydrogens is 360 g/mol. The van der Waals surface area contributed by atoms with Gasteiger partial charge in [-0.1, -0.05) is 36.4 Å². The Hall–Kier alpha value is -2.93. The molecule has 3 amide bonds. The second-order valence-corrected chi connectivity index (χ2v) is 7.46. The van der Waals surface area contributed by atoms with Gasteiger partial charge in [-0.25, -0.2) is 4.79 Å². The lowest BCUT2D eigenvalue weighted by atomic mass is 9.81. The Bertz CT molecular complexity index is 941. The van der Waals surface area contributed by atoms with Crippen molar-refractivity contribution < 1.29 is 23.9 Å². The largest absolute Gasteiger partial charge is 0.447 e. The van der Waals surface area contributed by atoms with Crippen molar-refractivity contribution in [3.8, 4) is 0 Å². The van der Waals surface area contributed by atoms with Crippen molar-refractivity contribution in [3.63, 3.8) is 0 Å². The van der Waals surface area contributed by atoms with Gasteiger partial charge >= 0.3 is 6.09 Å². The third kappa shape index (κ3) is 2.65. The Balaban J connectivity index is 1.19. The summed E-state index contributed by atoms with van der Waals surface area (Å²) in [7, 11) is 0. The topological polar surface area (TPSA) is 84.9 Å². The fraction of sp³-hybridized carbons (Fsp3) is 0.381. The van der Waals surface area contributed by atoms with E-state index in [1.807, 2.05) is 36.4 Å². The van der Waals surface area contributed by atoms with E-state index >= 15 is 0 Å². The molecule has 0 aromatic heterocycles. The van der Waals surface area contributed by atoms with E-state index < -0.39 is 6.09 Å². The number of rotatable bonds is 4. The van der Waals surface area contributed by atoms with Crippen LogP contribution in [0.25, 0.3) is 10.8 Å². The molecule has 0 aliphatic carbocycles. The molecule has 3 saturated heterocycles. The second kappa shape index (κ2) is 6.60. The zero-order chi connectivity index (χ0) is 19.3. The molecule has 0 saturated carbocycles. The van der Waals surface area contributed by atoms with Crippen LogP contribution in [0.5, 0.6) is 0 Å². The summed E-state index contributed by atoms with van der Waals surface area (Å²) < 4.78 is 10.9. The number of ether oxygens (including phenoxy) is 2. The highest BCUT2D eigenvalue weighted by Crippen LogP contribution is 2.48. The molecule has 5 rings (SSSR count). The van der Waals surface area contributed by atoms with Gasteiger partial charge < -0.3 is 9.47 Å². The fourth-order valence-electron chi connectivity index (χ4n) is 4.70. The second-order valence-electron chi connectivity index (χ2n) is 7.46. The number of carbonyl (C=O) groups excluding carboxylic acids is 3. The van der Waals surface area contributed by atoms with E-state index in [-0.39, 0.29) is 49.0 Å². The van der Waals surface area contributed by atoms with E-state index in [1.165, 1.54) is 4.90 Å². The van der Waals surface area contributed by atoms with Crippen molar-refractivity contribution in [2.45, 2.75) is 25.0 Å². The quantitative estimate of drug-likeness (QED) is 0.824. The summed E-state index contributed by atoms with van der Waals surface area (Å²) in [6.45, 7) is 0.0385. The first-order valence-corrected chi connectivity index (χ1v) is 9.56. The van der Waals surface area contributed by atoms with E-state index in [0.29, 0.717) is 5.69 Å². The first-order chi connectivity index (χ1) is 13.6. The number of amides is 3. The van der Waals surface area contributed by atoms with Crippen molar-refractivity contribution >= 4 is 34.4 Å². The van der Waals surface area contributed by atoms with Crippen LogP contribution in [0.4, 0.5) is 10.5 Å². The molecule has 28 heavy (non-hydrogen) atoms. The predicted molar refractivity (Wildman–Crippen MR) is 101 cm³/mol. The molecule has 0 spiro atoms. The molecule has 144 valence electrons. The maximum absolute atomic E-state index is 12.6. The summed E-state index contributed by atoms with van der Waals surface area (Å²) >= 11 is 0. The van der Waals surface area contributed by atoms with Crippen LogP contribution in [0.3, 0.4) is 0 Å². The van der Waals surface area contributed by atoms with Crippen molar-refractivity contribution in [2.24, 2.45) is 11.8 Å². The van der Waals surface area contributed by atoms with Crippen LogP contribution in [-0.4, -0.2) is 48.2 Å². The number of carbonyl (C=O) groups is 3. The van der Waals surface area contributed by atoms with Crippen LogP contribution in [0.2, 0.25) is 0 Å². The number of nitrogens with one attached hydrogen (secondary N) is 1. The number of nitrogens with zero attached hydrogens (tertiary/aromatic N) is 1. The van der Waals surface area contributed by atoms with E-state index in [1.54, 1.807) is 6.07 Å². The molecule has 4 atom stereocenters. The number of anilines is 1. The minimum Gasteiger partial charge on any atom is -0.447 e. The van der Waals surface area contributed by atoms with Crippen molar-refractivity contribution in [1.82, 2.24) is 4.90 Å². The molecular formula is C21H20N2O5. The van der Waals surface area contributed by atoms with Gasteiger partial charge in [0.05, 0.1) is 36.3 Å². The number of hydrogen-bond acceptors (Lipinski definition) is 5. The first kappa shape index (κ1) is 17.2. The summed E-state index contributed by atoms with van der Waals surface area (Å²) in [6, 6.07) is 13.3. The molecule has 3 aliphatic rings. The summed E-state index contributed by atoms with van der Waals surface area (Å²) in [5.41, 5.74) is 0.652. The van der Waals surface area contributed by atoms with Gasteiger partial charge in [0.2, 0.25) is 11.8 Å². The lowest BCUT2D eigenvalue weighted by Gasteiger charge is -2.17. The smallest absolute Gasteiger partial charge is 0.411 e. The highest BCUT2D eigenvalue weighted by molar-refractivity contribution is 6.06. The zero-order valence-electron chi connectivity index (χ0n) is 15.2. The molecule has 7 heteroatoms. The molecule has 3 aliphatic heterocycles. The van der Waals surface area contributed by atoms with Crippen LogP contribution in [0.15, 0.2) is 42.5 Å². The highest BCUT2D eigenvalue weighted by atomic mass is 16.5.